The van der Waals surface area contributed by atoms with Gasteiger partial charge in [-0.1, -0.05) is 31.0 Å². The Labute approximate surface area is 120 Å². The molecule has 20 heavy (non-hydrogen) atoms. The Morgan fingerprint density at radius 1 is 1.30 bits per heavy atom. The first-order chi connectivity index (χ1) is 9.52. The quantitative estimate of drug-likeness (QED) is 0.919. The van der Waals surface area contributed by atoms with Crippen molar-refractivity contribution in [3.63, 3.8) is 0 Å². The number of rotatable bonds is 3. The van der Waals surface area contributed by atoms with Crippen LogP contribution in [0.3, 0.4) is 0 Å². The lowest BCUT2D eigenvalue weighted by Gasteiger charge is -2.25. The van der Waals surface area contributed by atoms with Crippen LogP contribution in [-0.2, 0) is 9.59 Å². The van der Waals surface area contributed by atoms with E-state index in [0.717, 1.165) is 17.7 Å². The number of amides is 2. The topological polar surface area (TPSA) is 49.4 Å². The van der Waals surface area contributed by atoms with E-state index in [1.165, 1.54) is 5.56 Å². The smallest absolute Gasteiger partial charge is 0.249 e. The van der Waals surface area contributed by atoms with E-state index >= 15 is 0 Å². The summed E-state index contributed by atoms with van der Waals surface area (Å²) in [5, 5.41) is 2.83. The third kappa shape index (κ3) is 3.00. The van der Waals surface area contributed by atoms with Gasteiger partial charge >= 0.3 is 0 Å². The summed E-state index contributed by atoms with van der Waals surface area (Å²) in [6, 6.07) is 5.65. The van der Waals surface area contributed by atoms with Crippen LogP contribution in [-0.4, -0.2) is 24.4 Å². The predicted octanol–water partition coefficient (Wildman–Crippen LogP) is 2.33. The molecule has 1 aromatic carbocycles. The maximum Gasteiger partial charge on any atom is 0.249 e. The molecular formula is C16H22N2O2. The van der Waals surface area contributed by atoms with Gasteiger partial charge in [-0.25, -0.2) is 0 Å². The second-order valence-corrected chi connectivity index (χ2v) is 5.44. The number of nitrogens with one attached hydrogen (secondary N) is 1. The molecule has 1 unspecified atom stereocenters. The molecule has 0 aromatic heterocycles. The van der Waals surface area contributed by atoms with Crippen molar-refractivity contribution < 1.29 is 9.59 Å². The normalized spacial score (nSPS) is 19.8. The molecule has 2 amide bonds. The molecule has 0 saturated carbocycles. The number of carbonyl (C=O) groups excluding carboxylic acids is 2. The molecule has 0 bridgehead atoms. The van der Waals surface area contributed by atoms with Crippen LogP contribution in [0.5, 0.6) is 0 Å². The summed E-state index contributed by atoms with van der Waals surface area (Å²) < 4.78 is 0. The van der Waals surface area contributed by atoms with Crippen molar-refractivity contribution >= 4 is 17.5 Å². The molecule has 1 aliphatic heterocycles. The van der Waals surface area contributed by atoms with Crippen molar-refractivity contribution in [1.82, 2.24) is 5.32 Å². The monoisotopic (exact) mass is 274 g/mol. The molecule has 1 aromatic rings. The first-order valence-electron chi connectivity index (χ1n) is 7.21. The van der Waals surface area contributed by atoms with Crippen molar-refractivity contribution in [2.24, 2.45) is 0 Å². The van der Waals surface area contributed by atoms with Gasteiger partial charge in [-0.05, 0) is 31.9 Å². The summed E-state index contributed by atoms with van der Waals surface area (Å²) in [6.45, 7) is 6.51. The average molecular weight is 274 g/mol. The van der Waals surface area contributed by atoms with E-state index < -0.39 is 6.04 Å². The van der Waals surface area contributed by atoms with Crippen molar-refractivity contribution in [3.8, 4) is 0 Å². The predicted molar refractivity (Wildman–Crippen MR) is 79.7 cm³/mol. The standard InChI is InChI=1S/C16H22N2O2/c1-4-5-13-16(20)18(9-8-15(19)17-13)14-7-6-11(2)10-12(14)3/h6-7,10,13H,4-5,8-9H2,1-3H3,(H,17,19). The first-order valence-corrected chi connectivity index (χ1v) is 7.21. The van der Waals surface area contributed by atoms with Crippen LogP contribution in [0.15, 0.2) is 18.2 Å². The van der Waals surface area contributed by atoms with E-state index in [2.05, 4.69) is 11.4 Å². The van der Waals surface area contributed by atoms with E-state index in [1.54, 1.807) is 4.90 Å². The number of benzene rings is 1. The fraction of sp³-hybridized carbons (Fsp3) is 0.500. The molecule has 1 aliphatic rings. The van der Waals surface area contributed by atoms with Gasteiger partial charge in [0.15, 0.2) is 0 Å². The van der Waals surface area contributed by atoms with Gasteiger partial charge in [0, 0.05) is 18.7 Å². The van der Waals surface area contributed by atoms with Crippen LogP contribution in [0.2, 0.25) is 0 Å². The minimum Gasteiger partial charge on any atom is -0.344 e. The number of nitrogens with zero attached hydrogens (tertiary/aromatic N) is 1. The Bertz CT molecular complexity index is 525. The fourth-order valence-electron chi connectivity index (χ4n) is 2.67. The zero-order valence-electron chi connectivity index (χ0n) is 12.4. The van der Waals surface area contributed by atoms with Gasteiger partial charge < -0.3 is 10.2 Å². The number of carbonyl (C=O) groups is 2. The lowest BCUT2D eigenvalue weighted by Crippen LogP contribution is -2.44. The fourth-order valence-corrected chi connectivity index (χ4v) is 2.67. The number of hydrogen-bond donors (Lipinski definition) is 1. The van der Waals surface area contributed by atoms with Crippen molar-refractivity contribution in [3.05, 3.63) is 29.3 Å². The lowest BCUT2D eigenvalue weighted by molar-refractivity contribution is -0.125. The lowest BCUT2D eigenvalue weighted by atomic mass is 10.1. The van der Waals surface area contributed by atoms with E-state index in [9.17, 15) is 9.59 Å². The number of hydrogen-bond acceptors (Lipinski definition) is 2. The molecule has 4 heteroatoms. The Balaban J connectivity index is 2.33. The van der Waals surface area contributed by atoms with Crippen LogP contribution < -0.4 is 10.2 Å². The number of anilines is 1. The highest BCUT2D eigenvalue weighted by atomic mass is 16.2. The molecule has 1 saturated heterocycles. The summed E-state index contributed by atoms with van der Waals surface area (Å²) in [6.07, 6.45) is 1.92. The van der Waals surface area contributed by atoms with Crippen LogP contribution in [0.25, 0.3) is 0 Å². The molecule has 1 fully saturated rings. The van der Waals surface area contributed by atoms with Gasteiger partial charge in [-0.15, -0.1) is 0 Å². The largest absolute Gasteiger partial charge is 0.344 e. The molecule has 1 atom stereocenters. The van der Waals surface area contributed by atoms with Crippen molar-refractivity contribution in [2.45, 2.75) is 46.1 Å². The molecule has 0 aliphatic carbocycles. The van der Waals surface area contributed by atoms with E-state index in [1.807, 2.05) is 32.9 Å². The van der Waals surface area contributed by atoms with Gasteiger partial charge in [0.25, 0.3) is 0 Å². The maximum atomic E-state index is 12.6. The zero-order valence-corrected chi connectivity index (χ0v) is 12.4. The first kappa shape index (κ1) is 14.6. The molecule has 4 nitrogen and oxygen atoms in total. The van der Waals surface area contributed by atoms with Gasteiger partial charge in [0.1, 0.15) is 6.04 Å². The van der Waals surface area contributed by atoms with E-state index in [0.29, 0.717) is 19.4 Å². The van der Waals surface area contributed by atoms with Crippen LogP contribution in [0.1, 0.15) is 37.3 Å². The van der Waals surface area contributed by atoms with Crippen LogP contribution >= 0.6 is 0 Å². The summed E-state index contributed by atoms with van der Waals surface area (Å²) in [5.41, 5.74) is 3.16. The molecule has 0 radical (unpaired) electrons. The highest BCUT2D eigenvalue weighted by Crippen LogP contribution is 2.24. The molecule has 108 valence electrons. The SMILES string of the molecule is CCCC1NC(=O)CCN(c2ccc(C)cc2C)C1=O. The second-order valence-electron chi connectivity index (χ2n) is 5.44. The maximum absolute atomic E-state index is 12.6. The summed E-state index contributed by atoms with van der Waals surface area (Å²) >= 11 is 0. The Morgan fingerprint density at radius 3 is 2.70 bits per heavy atom. The average Bonchev–Trinajstić information content (AvgIpc) is 2.52. The van der Waals surface area contributed by atoms with Crippen LogP contribution in [0.4, 0.5) is 5.69 Å². The molecule has 2 rings (SSSR count). The van der Waals surface area contributed by atoms with E-state index in [4.69, 9.17) is 0 Å². The second kappa shape index (κ2) is 6.07. The molecule has 1 heterocycles. The van der Waals surface area contributed by atoms with E-state index in [-0.39, 0.29) is 11.8 Å². The number of aryl methyl sites for hydroxylation is 2. The van der Waals surface area contributed by atoms with Gasteiger partial charge in [-0.2, -0.15) is 0 Å². The zero-order chi connectivity index (χ0) is 14.7. The summed E-state index contributed by atoms with van der Waals surface area (Å²) in [5.74, 6) is -0.0336. The summed E-state index contributed by atoms with van der Waals surface area (Å²) in [7, 11) is 0. The van der Waals surface area contributed by atoms with Gasteiger partial charge in [0.05, 0.1) is 0 Å². The van der Waals surface area contributed by atoms with Gasteiger partial charge in [0.2, 0.25) is 11.8 Å². The van der Waals surface area contributed by atoms with Crippen LogP contribution in [0, 0.1) is 13.8 Å². The van der Waals surface area contributed by atoms with Gasteiger partial charge in [-0.3, -0.25) is 9.59 Å². The Hall–Kier alpha value is -1.84. The third-order valence-electron chi connectivity index (χ3n) is 3.68. The summed E-state index contributed by atoms with van der Waals surface area (Å²) in [4.78, 5) is 26.1. The Kier molecular flexibility index (Phi) is 4.42. The molecule has 1 N–H and O–H groups in total. The highest BCUT2D eigenvalue weighted by Gasteiger charge is 2.30. The Morgan fingerprint density at radius 2 is 2.05 bits per heavy atom. The van der Waals surface area contributed by atoms with Crippen molar-refractivity contribution in [1.29, 1.82) is 0 Å². The molecular weight excluding hydrogens is 252 g/mol. The van der Waals surface area contributed by atoms with Crippen molar-refractivity contribution in [2.75, 3.05) is 11.4 Å². The highest BCUT2D eigenvalue weighted by molar-refractivity contribution is 6.01. The minimum atomic E-state index is -0.393. The minimum absolute atomic E-state index is 0.00431. The molecule has 0 spiro atoms. The third-order valence-corrected chi connectivity index (χ3v) is 3.68.